The fraction of sp³-hybridized carbons (Fsp3) is 1.00. The summed E-state index contributed by atoms with van der Waals surface area (Å²) in [5, 5.41) is 20.5. The zero-order chi connectivity index (χ0) is 19.2. The van der Waals surface area contributed by atoms with E-state index >= 15 is 0 Å². The topological polar surface area (TPSA) is 40.5 Å². The van der Waals surface area contributed by atoms with E-state index in [-0.39, 0.29) is 6.10 Å². The fourth-order valence-electron chi connectivity index (χ4n) is 8.47. The second kappa shape index (κ2) is 7.63. The monoisotopic (exact) mass is 376 g/mol. The number of fused-ring (bicyclic) bond motifs is 5. The zero-order valence-electron chi connectivity index (χ0n) is 18.1. The molecule has 4 fully saturated rings. The molecular formula is C25H44O2. The Labute approximate surface area is 167 Å². The molecule has 0 heterocycles. The Kier molecular flexibility index (Phi) is 5.71. The van der Waals surface area contributed by atoms with E-state index in [0.717, 1.165) is 61.2 Å². The van der Waals surface area contributed by atoms with Gasteiger partial charge in [0.1, 0.15) is 0 Å². The molecule has 4 rings (SSSR count). The molecule has 27 heavy (non-hydrogen) atoms. The minimum atomic E-state index is -0.390. The van der Waals surface area contributed by atoms with Crippen LogP contribution in [0.15, 0.2) is 0 Å². The van der Waals surface area contributed by atoms with E-state index in [1.807, 2.05) is 0 Å². The number of hydrogen-bond donors (Lipinski definition) is 2. The molecule has 4 aliphatic carbocycles. The van der Waals surface area contributed by atoms with E-state index < -0.39 is 5.60 Å². The Bertz CT molecular complexity index is 514. The van der Waals surface area contributed by atoms with Gasteiger partial charge in [0.15, 0.2) is 0 Å². The summed E-state index contributed by atoms with van der Waals surface area (Å²) in [5.41, 5.74) is 0.185. The maximum absolute atomic E-state index is 10.6. The molecule has 0 saturated heterocycles. The summed E-state index contributed by atoms with van der Waals surface area (Å²) in [6.45, 7) is 6.81. The first-order chi connectivity index (χ1) is 12.8. The smallest absolute Gasteiger partial charge is 0.0622 e. The van der Waals surface area contributed by atoms with Gasteiger partial charge in [-0.2, -0.15) is 0 Å². The van der Waals surface area contributed by atoms with Gasteiger partial charge in [0, 0.05) is 0 Å². The molecule has 2 heteroatoms. The fourth-order valence-corrected chi connectivity index (χ4v) is 8.47. The van der Waals surface area contributed by atoms with Crippen LogP contribution in [0.4, 0.5) is 0 Å². The molecule has 156 valence electrons. The van der Waals surface area contributed by atoms with Crippen LogP contribution in [0.25, 0.3) is 0 Å². The Morgan fingerprint density at radius 2 is 1.70 bits per heavy atom. The van der Waals surface area contributed by atoms with E-state index in [2.05, 4.69) is 20.8 Å². The van der Waals surface area contributed by atoms with Gasteiger partial charge in [-0.1, -0.05) is 20.3 Å². The molecule has 0 aromatic heterocycles. The quantitative estimate of drug-likeness (QED) is 0.622. The highest BCUT2D eigenvalue weighted by atomic mass is 16.3. The number of rotatable bonds is 5. The molecule has 4 saturated carbocycles. The van der Waals surface area contributed by atoms with E-state index in [1.165, 1.54) is 57.8 Å². The zero-order valence-corrected chi connectivity index (χ0v) is 18.1. The minimum absolute atomic E-state index is 0.0791. The standard InChI is InChI=1S/C25H44O2/c1-4-19(26)7-5-6-18-9-11-23-22-10-8-17-16-24(2,27)14-12-20(17)21(22)13-15-25(18,23)3/h17-23,26-27H,4-16H2,1-3H3/t17?,18?,19?,20?,21?,22?,23?,24-,25?/m0/s1. The lowest BCUT2D eigenvalue weighted by Gasteiger charge is -2.57. The summed E-state index contributed by atoms with van der Waals surface area (Å²) in [6.07, 6.45) is 16.4. The third kappa shape index (κ3) is 3.75. The van der Waals surface area contributed by atoms with Gasteiger partial charge in [0.05, 0.1) is 11.7 Å². The first-order valence-corrected chi connectivity index (χ1v) is 12.2. The highest BCUT2D eigenvalue weighted by Crippen LogP contribution is 2.65. The molecule has 2 N–H and O–H groups in total. The third-order valence-electron chi connectivity index (χ3n) is 9.99. The van der Waals surface area contributed by atoms with Crippen molar-refractivity contribution in [1.29, 1.82) is 0 Å². The maximum Gasteiger partial charge on any atom is 0.0622 e. The minimum Gasteiger partial charge on any atom is -0.393 e. The van der Waals surface area contributed by atoms with E-state index in [9.17, 15) is 10.2 Å². The van der Waals surface area contributed by atoms with Crippen LogP contribution in [0.1, 0.15) is 104 Å². The van der Waals surface area contributed by atoms with E-state index in [1.54, 1.807) is 0 Å². The average molecular weight is 377 g/mol. The predicted molar refractivity (Wildman–Crippen MR) is 111 cm³/mol. The van der Waals surface area contributed by atoms with Gasteiger partial charge in [-0.3, -0.25) is 0 Å². The molecule has 0 spiro atoms. The van der Waals surface area contributed by atoms with Crippen LogP contribution in [0, 0.1) is 40.9 Å². The maximum atomic E-state index is 10.6. The Morgan fingerprint density at radius 3 is 2.48 bits per heavy atom. The number of aliphatic hydroxyl groups excluding tert-OH is 1. The van der Waals surface area contributed by atoms with Crippen molar-refractivity contribution in [3.63, 3.8) is 0 Å². The second-order valence-electron chi connectivity index (χ2n) is 11.5. The SMILES string of the molecule is CCC(O)CCCC1CCC2C3CCC4C[C@@](C)(O)CCC4C3CCC12C. The second-order valence-corrected chi connectivity index (χ2v) is 11.5. The molecule has 2 nitrogen and oxygen atoms in total. The van der Waals surface area contributed by atoms with Crippen LogP contribution < -0.4 is 0 Å². The van der Waals surface area contributed by atoms with Crippen LogP contribution in [-0.2, 0) is 0 Å². The molecule has 9 atom stereocenters. The van der Waals surface area contributed by atoms with E-state index in [4.69, 9.17) is 0 Å². The van der Waals surface area contributed by atoms with Crippen LogP contribution in [0.2, 0.25) is 0 Å². The van der Waals surface area contributed by atoms with Crippen LogP contribution in [0.3, 0.4) is 0 Å². The third-order valence-corrected chi connectivity index (χ3v) is 9.99. The van der Waals surface area contributed by atoms with Crippen molar-refractivity contribution in [2.24, 2.45) is 40.9 Å². The first kappa shape index (κ1) is 20.2. The van der Waals surface area contributed by atoms with Crippen molar-refractivity contribution in [3.05, 3.63) is 0 Å². The number of hydrogen-bond acceptors (Lipinski definition) is 2. The van der Waals surface area contributed by atoms with Gasteiger partial charge in [-0.05, 0) is 125 Å². The van der Waals surface area contributed by atoms with Crippen molar-refractivity contribution in [1.82, 2.24) is 0 Å². The summed E-state index contributed by atoms with van der Waals surface area (Å²) in [6, 6.07) is 0. The van der Waals surface area contributed by atoms with Gasteiger partial charge < -0.3 is 10.2 Å². The summed E-state index contributed by atoms with van der Waals surface area (Å²) in [5.74, 6) is 5.50. The molecule has 0 aromatic rings. The van der Waals surface area contributed by atoms with Crippen molar-refractivity contribution in [2.45, 2.75) is 116 Å². The van der Waals surface area contributed by atoms with Gasteiger partial charge in [-0.15, -0.1) is 0 Å². The van der Waals surface area contributed by atoms with Crippen molar-refractivity contribution in [3.8, 4) is 0 Å². The van der Waals surface area contributed by atoms with Crippen LogP contribution in [0.5, 0.6) is 0 Å². The molecule has 0 bridgehead atoms. The molecule has 0 aromatic carbocycles. The van der Waals surface area contributed by atoms with Crippen molar-refractivity contribution in [2.75, 3.05) is 0 Å². The normalized spacial score (nSPS) is 50.6. The highest BCUT2D eigenvalue weighted by molar-refractivity contribution is 5.06. The largest absolute Gasteiger partial charge is 0.393 e. The highest BCUT2D eigenvalue weighted by Gasteiger charge is 2.57. The molecule has 0 aliphatic heterocycles. The van der Waals surface area contributed by atoms with Gasteiger partial charge in [-0.25, -0.2) is 0 Å². The summed E-state index contributed by atoms with van der Waals surface area (Å²) in [7, 11) is 0. The lowest BCUT2D eigenvalue weighted by Crippen LogP contribution is -2.50. The summed E-state index contributed by atoms with van der Waals surface area (Å²) < 4.78 is 0. The van der Waals surface area contributed by atoms with Gasteiger partial charge in [0.2, 0.25) is 0 Å². The molecule has 4 aliphatic rings. The van der Waals surface area contributed by atoms with Crippen LogP contribution >= 0.6 is 0 Å². The lowest BCUT2D eigenvalue weighted by atomic mass is 9.49. The predicted octanol–water partition coefficient (Wildman–Crippen LogP) is 5.95. The lowest BCUT2D eigenvalue weighted by molar-refractivity contribution is -0.100. The van der Waals surface area contributed by atoms with Crippen molar-refractivity contribution < 1.29 is 10.2 Å². The molecule has 0 radical (unpaired) electrons. The number of aliphatic hydroxyl groups is 2. The average Bonchev–Trinajstić information content (AvgIpc) is 2.97. The summed E-state index contributed by atoms with van der Waals surface area (Å²) >= 11 is 0. The van der Waals surface area contributed by atoms with Crippen molar-refractivity contribution >= 4 is 0 Å². The summed E-state index contributed by atoms with van der Waals surface area (Å²) in [4.78, 5) is 0. The van der Waals surface area contributed by atoms with Gasteiger partial charge >= 0.3 is 0 Å². The van der Waals surface area contributed by atoms with Crippen LogP contribution in [-0.4, -0.2) is 21.9 Å². The first-order valence-electron chi connectivity index (χ1n) is 12.2. The molecular weight excluding hydrogens is 332 g/mol. The Balaban J connectivity index is 1.40. The Hall–Kier alpha value is -0.0800. The Morgan fingerprint density at radius 1 is 0.926 bits per heavy atom. The van der Waals surface area contributed by atoms with E-state index in [0.29, 0.717) is 5.41 Å². The molecule has 0 amide bonds. The molecule has 8 unspecified atom stereocenters. The van der Waals surface area contributed by atoms with Gasteiger partial charge in [0.25, 0.3) is 0 Å².